The van der Waals surface area contributed by atoms with E-state index < -0.39 is 0 Å². The lowest BCUT2D eigenvalue weighted by Gasteiger charge is -2.17. The molecule has 3 rings (SSSR count). The number of benzene rings is 1. The second-order valence-electron chi connectivity index (χ2n) is 6.66. The smallest absolute Gasteiger partial charge is 0.257 e. The molecule has 0 atom stereocenters. The van der Waals surface area contributed by atoms with Gasteiger partial charge in [-0.25, -0.2) is 0 Å². The van der Waals surface area contributed by atoms with Crippen LogP contribution < -0.4 is 5.32 Å². The molecule has 4 nitrogen and oxygen atoms in total. The van der Waals surface area contributed by atoms with E-state index in [1.807, 2.05) is 0 Å². The summed E-state index contributed by atoms with van der Waals surface area (Å²) in [7, 11) is 0. The van der Waals surface area contributed by atoms with Crippen molar-refractivity contribution in [2.24, 2.45) is 5.41 Å². The van der Waals surface area contributed by atoms with Gasteiger partial charge in [0, 0.05) is 18.5 Å². The molecule has 0 spiro atoms. The fourth-order valence-corrected chi connectivity index (χ4v) is 2.53. The van der Waals surface area contributed by atoms with Crippen molar-refractivity contribution >= 4 is 0 Å². The predicted octanol–water partition coefficient (Wildman–Crippen LogP) is 2.97. The minimum Gasteiger partial charge on any atom is -0.334 e. The Balaban J connectivity index is 1.86. The van der Waals surface area contributed by atoms with Gasteiger partial charge in [-0.05, 0) is 41.6 Å². The van der Waals surface area contributed by atoms with E-state index in [1.165, 1.54) is 11.1 Å². The number of fused-ring (bicyclic) bond motifs is 1. The Bertz CT molecular complexity index is 610. The maximum absolute atomic E-state index is 5.41. The minimum atomic E-state index is 0.168. The molecule has 0 unspecified atom stereocenters. The van der Waals surface area contributed by atoms with Crippen LogP contribution >= 0.6 is 0 Å². The van der Waals surface area contributed by atoms with E-state index in [4.69, 9.17) is 4.52 Å². The Hall–Kier alpha value is -1.68. The number of hydrogen-bond acceptors (Lipinski definition) is 4. The largest absolute Gasteiger partial charge is 0.334 e. The third kappa shape index (κ3) is 2.90. The Morgan fingerprint density at radius 3 is 2.90 bits per heavy atom. The van der Waals surface area contributed by atoms with Gasteiger partial charge in [0.25, 0.3) is 5.89 Å². The average molecular weight is 271 g/mol. The van der Waals surface area contributed by atoms with E-state index >= 15 is 0 Å². The Kier molecular flexibility index (Phi) is 3.34. The molecule has 0 saturated carbocycles. The van der Waals surface area contributed by atoms with Gasteiger partial charge in [0.2, 0.25) is 0 Å². The third-order valence-electron chi connectivity index (χ3n) is 3.50. The van der Waals surface area contributed by atoms with Gasteiger partial charge >= 0.3 is 0 Å². The monoisotopic (exact) mass is 271 g/mol. The second-order valence-corrected chi connectivity index (χ2v) is 6.66. The van der Waals surface area contributed by atoms with Crippen LogP contribution in [0, 0.1) is 5.41 Å². The van der Waals surface area contributed by atoms with Gasteiger partial charge < -0.3 is 9.84 Å². The van der Waals surface area contributed by atoms with Crippen molar-refractivity contribution in [3.8, 4) is 11.5 Å². The summed E-state index contributed by atoms with van der Waals surface area (Å²) in [6.07, 6.45) is 1.91. The van der Waals surface area contributed by atoms with E-state index in [0.29, 0.717) is 5.89 Å². The van der Waals surface area contributed by atoms with Gasteiger partial charge in [0.1, 0.15) is 0 Å². The summed E-state index contributed by atoms with van der Waals surface area (Å²) >= 11 is 0. The molecule has 0 aliphatic carbocycles. The number of hydrogen-bond donors (Lipinski definition) is 1. The van der Waals surface area contributed by atoms with Crippen LogP contribution in [-0.4, -0.2) is 16.7 Å². The van der Waals surface area contributed by atoms with Gasteiger partial charge in [0.15, 0.2) is 5.82 Å². The number of nitrogens with one attached hydrogen (secondary N) is 1. The van der Waals surface area contributed by atoms with Gasteiger partial charge in [-0.2, -0.15) is 4.98 Å². The molecular formula is C16H21N3O. The van der Waals surface area contributed by atoms with Crippen LogP contribution in [0.1, 0.15) is 37.7 Å². The minimum absolute atomic E-state index is 0.168. The first kappa shape index (κ1) is 13.3. The quantitative estimate of drug-likeness (QED) is 0.912. The zero-order chi connectivity index (χ0) is 14.2. The Morgan fingerprint density at radius 2 is 2.10 bits per heavy atom. The first-order chi connectivity index (χ1) is 9.51. The lowest BCUT2D eigenvalue weighted by molar-refractivity contribution is 0.374. The van der Waals surface area contributed by atoms with E-state index in [0.717, 1.165) is 37.3 Å². The van der Waals surface area contributed by atoms with Crippen LogP contribution in [0.3, 0.4) is 0 Å². The molecule has 0 fully saturated rings. The highest BCUT2D eigenvalue weighted by atomic mass is 16.5. The van der Waals surface area contributed by atoms with Crippen molar-refractivity contribution < 1.29 is 4.52 Å². The van der Waals surface area contributed by atoms with Crippen LogP contribution in [0.15, 0.2) is 22.7 Å². The van der Waals surface area contributed by atoms with E-state index in [9.17, 15) is 0 Å². The summed E-state index contributed by atoms with van der Waals surface area (Å²) in [6, 6.07) is 6.42. The molecule has 1 aliphatic heterocycles. The van der Waals surface area contributed by atoms with E-state index in [-0.39, 0.29) is 5.41 Å². The molecule has 2 heterocycles. The molecule has 20 heavy (non-hydrogen) atoms. The maximum Gasteiger partial charge on any atom is 0.257 e. The highest BCUT2D eigenvalue weighted by molar-refractivity contribution is 5.56. The highest BCUT2D eigenvalue weighted by Gasteiger charge is 2.18. The first-order valence-corrected chi connectivity index (χ1v) is 7.17. The van der Waals surface area contributed by atoms with Gasteiger partial charge in [0.05, 0.1) is 0 Å². The van der Waals surface area contributed by atoms with Crippen molar-refractivity contribution in [1.82, 2.24) is 15.5 Å². The number of rotatable bonds is 2. The standard InChI is InChI=1S/C16H21N3O/c1-16(2,3)9-14-18-15(20-19-14)12-5-4-11-6-7-17-10-13(11)8-12/h4-5,8,17H,6-7,9-10H2,1-3H3. The topological polar surface area (TPSA) is 51.0 Å². The Morgan fingerprint density at radius 1 is 1.25 bits per heavy atom. The summed E-state index contributed by atoms with van der Waals surface area (Å²) in [5.41, 5.74) is 3.94. The SMILES string of the molecule is CC(C)(C)Cc1noc(-c2ccc3c(c2)CNCC3)n1. The normalized spacial score (nSPS) is 15.2. The van der Waals surface area contributed by atoms with Crippen molar-refractivity contribution in [3.63, 3.8) is 0 Å². The number of aromatic nitrogens is 2. The van der Waals surface area contributed by atoms with E-state index in [2.05, 4.69) is 54.4 Å². The zero-order valence-corrected chi connectivity index (χ0v) is 12.4. The van der Waals surface area contributed by atoms with E-state index in [1.54, 1.807) is 0 Å². The molecule has 0 radical (unpaired) electrons. The van der Waals surface area contributed by atoms with Crippen LogP contribution in [0.2, 0.25) is 0 Å². The fraction of sp³-hybridized carbons (Fsp3) is 0.500. The van der Waals surface area contributed by atoms with Gasteiger partial charge in [-0.1, -0.05) is 32.0 Å². The van der Waals surface area contributed by atoms with Crippen LogP contribution in [0.25, 0.3) is 11.5 Å². The van der Waals surface area contributed by atoms with Crippen molar-refractivity contribution in [3.05, 3.63) is 35.2 Å². The molecular weight excluding hydrogens is 250 g/mol. The summed E-state index contributed by atoms with van der Waals surface area (Å²) in [5, 5.41) is 7.48. The highest BCUT2D eigenvalue weighted by Crippen LogP contribution is 2.25. The maximum atomic E-state index is 5.41. The molecule has 1 aromatic carbocycles. The average Bonchev–Trinajstić information content (AvgIpc) is 2.84. The number of nitrogens with zero attached hydrogens (tertiary/aromatic N) is 2. The summed E-state index contributed by atoms with van der Waals surface area (Å²) in [5.74, 6) is 1.40. The summed E-state index contributed by atoms with van der Waals surface area (Å²) < 4.78 is 5.41. The molecule has 0 saturated heterocycles. The predicted molar refractivity (Wildman–Crippen MR) is 78.3 cm³/mol. The molecule has 4 heteroatoms. The van der Waals surface area contributed by atoms with Crippen LogP contribution in [0.5, 0.6) is 0 Å². The molecule has 1 aliphatic rings. The zero-order valence-electron chi connectivity index (χ0n) is 12.4. The van der Waals surface area contributed by atoms with Crippen molar-refractivity contribution in [2.45, 2.75) is 40.2 Å². The van der Waals surface area contributed by atoms with Crippen molar-refractivity contribution in [1.29, 1.82) is 0 Å². The third-order valence-corrected chi connectivity index (χ3v) is 3.50. The lowest BCUT2D eigenvalue weighted by Crippen LogP contribution is -2.23. The second kappa shape index (κ2) is 5.02. The van der Waals surface area contributed by atoms with Crippen molar-refractivity contribution in [2.75, 3.05) is 6.54 Å². The first-order valence-electron chi connectivity index (χ1n) is 7.17. The fourth-order valence-electron chi connectivity index (χ4n) is 2.53. The molecule has 2 aromatic rings. The van der Waals surface area contributed by atoms with Crippen LogP contribution in [-0.2, 0) is 19.4 Å². The van der Waals surface area contributed by atoms with Crippen LogP contribution in [0.4, 0.5) is 0 Å². The molecule has 1 aromatic heterocycles. The molecule has 1 N–H and O–H groups in total. The molecule has 0 bridgehead atoms. The Labute approximate surface area is 119 Å². The molecule has 106 valence electrons. The summed E-state index contributed by atoms with van der Waals surface area (Å²) in [4.78, 5) is 4.52. The summed E-state index contributed by atoms with van der Waals surface area (Å²) in [6.45, 7) is 8.50. The van der Waals surface area contributed by atoms with Gasteiger partial charge in [-0.15, -0.1) is 0 Å². The lowest BCUT2D eigenvalue weighted by atomic mass is 9.92. The molecule has 0 amide bonds. The van der Waals surface area contributed by atoms with Gasteiger partial charge in [-0.3, -0.25) is 0 Å².